The standard InChI is InChI=1S/C15H16INO2S/c1-3-12(11-6-4-5-7-13(11)19-2)17-15(18)10-8-14(16)20-9-10/h4-9,12H,3H2,1-2H3,(H,17,18). The normalized spacial score (nSPS) is 11.9. The van der Waals surface area contributed by atoms with Gasteiger partial charge in [0, 0.05) is 10.9 Å². The number of thiophene rings is 1. The molecule has 106 valence electrons. The lowest BCUT2D eigenvalue weighted by Crippen LogP contribution is -2.28. The molecule has 0 aliphatic rings. The minimum atomic E-state index is -0.0452. The molecule has 2 aromatic rings. The summed E-state index contributed by atoms with van der Waals surface area (Å²) in [4.78, 5) is 12.3. The van der Waals surface area contributed by atoms with Gasteiger partial charge in [0.15, 0.2) is 0 Å². The first-order chi connectivity index (χ1) is 9.65. The minimum Gasteiger partial charge on any atom is -0.496 e. The molecule has 1 atom stereocenters. The van der Waals surface area contributed by atoms with Crippen molar-refractivity contribution in [1.82, 2.24) is 5.32 Å². The highest BCUT2D eigenvalue weighted by molar-refractivity contribution is 14.1. The third kappa shape index (κ3) is 3.52. The molecular formula is C15H16INO2S. The number of halogens is 1. The number of amides is 1. The van der Waals surface area contributed by atoms with Crippen molar-refractivity contribution in [3.8, 4) is 5.75 Å². The number of carbonyl (C=O) groups excluding carboxylic acids is 1. The second-order valence-corrected chi connectivity index (χ2v) is 7.12. The molecule has 1 unspecified atom stereocenters. The monoisotopic (exact) mass is 401 g/mol. The van der Waals surface area contributed by atoms with Crippen LogP contribution < -0.4 is 10.1 Å². The van der Waals surface area contributed by atoms with E-state index in [1.807, 2.05) is 35.7 Å². The van der Waals surface area contributed by atoms with Crippen molar-refractivity contribution in [1.29, 1.82) is 0 Å². The fourth-order valence-electron chi connectivity index (χ4n) is 2.02. The first kappa shape index (κ1) is 15.3. The van der Waals surface area contributed by atoms with Gasteiger partial charge in [-0.1, -0.05) is 25.1 Å². The zero-order chi connectivity index (χ0) is 14.5. The van der Waals surface area contributed by atoms with Crippen molar-refractivity contribution < 1.29 is 9.53 Å². The number of hydrogen-bond donors (Lipinski definition) is 1. The van der Waals surface area contributed by atoms with E-state index < -0.39 is 0 Å². The quantitative estimate of drug-likeness (QED) is 0.762. The Balaban J connectivity index is 2.18. The molecule has 0 spiro atoms. The van der Waals surface area contributed by atoms with Gasteiger partial charge in [-0.3, -0.25) is 4.79 Å². The van der Waals surface area contributed by atoms with E-state index in [9.17, 15) is 4.79 Å². The van der Waals surface area contributed by atoms with Crippen LogP contribution in [-0.2, 0) is 0 Å². The Labute approximate surface area is 136 Å². The number of hydrogen-bond acceptors (Lipinski definition) is 3. The maximum absolute atomic E-state index is 12.3. The molecule has 0 radical (unpaired) electrons. The van der Waals surface area contributed by atoms with Crippen LogP contribution in [-0.4, -0.2) is 13.0 Å². The van der Waals surface area contributed by atoms with Crippen LogP contribution in [0.15, 0.2) is 35.7 Å². The third-order valence-corrected chi connectivity index (χ3v) is 4.85. The van der Waals surface area contributed by atoms with Crippen LogP contribution in [0.4, 0.5) is 0 Å². The van der Waals surface area contributed by atoms with E-state index in [1.54, 1.807) is 18.4 Å². The zero-order valence-corrected chi connectivity index (χ0v) is 14.3. The molecule has 0 saturated heterocycles. The number of nitrogens with one attached hydrogen (secondary N) is 1. The van der Waals surface area contributed by atoms with Gasteiger partial charge in [-0.2, -0.15) is 0 Å². The average Bonchev–Trinajstić information content (AvgIpc) is 2.91. The van der Waals surface area contributed by atoms with Crippen LogP contribution >= 0.6 is 33.9 Å². The molecule has 1 N–H and O–H groups in total. The largest absolute Gasteiger partial charge is 0.496 e. The minimum absolute atomic E-state index is 0.0399. The lowest BCUT2D eigenvalue weighted by molar-refractivity contribution is 0.0935. The average molecular weight is 401 g/mol. The fourth-order valence-corrected chi connectivity index (χ4v) is 3.35. The Hall–Kier alpha value is -1.08. The lowest BCUT2D eigenvalue weighted by atomic mass is 10.0. The molecule has 0 saturated carbocycles. The summed E-state index contributed by atoms with van der Waals surface area (Å²) in [5.41, 5.74) is 1.73. The molecule has 0 aliphatic carbocycles. The second-order valence-electron chi connectivity index (χ2n) is 4.32. The van der Waals surface area contributed by atoms with Gasteiger partial charge < -0.3 is 10.1 Å². The van der Waals surface area contributed by atoms with E-state index in [-0.39, 0.29) is 11.9 Å². The topological polar surface area (TPSA) is 38.3 Å². The number of benzene rings is 1. The SMILES string of the molecule is CCC(NC(=O)c1csc(I)c1)c1ccccc1OC. The highest BCUT2D eigenvalue weighted by Gasteiger charge is 2.18. The van der Waals surface area contributed by atoms with Crippen molar-refractivity contribution in [3.05, 3.63) is 49.7 Å². The smallest absolute Gasteiger partial charge is 0.252 e. The second kappa shape index (κ2) is 7.08. The van der Waals surface area contributed by atoms with Crippen LogP contribution in [0.5, 0.6) is 5.75 Å². The highest BCUT2D eigenvalue weighted by Crippen LogP contribution is 2.27. The van der Waals surface area contributed by atoms with Gasteiger partial charge in [0.1, 0.15) is 5.75 Å². The number of para-hydroxylation sites is 1. The number of rotatable bonds is 5. The lowest BCUT2D eigenvalue weighted by Gasteiger charge is -2.19. The van der Waals surface area contributed by atoms with E-state index in [4.69, 9.17) is 4.74 Å². The Morgan fingerprint density at radius 2 is 2.20 bits per heavy atom. The van der Waals surface area contributed by atoms with Gasteiger partial charge in [-0.15, -0.1) is 11.3 Å². The van der Waals surface area contributed by atoms with Crippen LogP contribution in [0.2, 0.25) is 0 Å². The maximum atomic E-state index is 12.3. The summed E-state index contributed by atoms with van der Waals surface area (Å²) >= 11 is 3.79. The van der Waals surface area contributed by atoms with Crippen LogP contribution in [0.25, 0.3) is 0 Å². The summed E-state index contributed by atoms with van der Waals surface area (Å²) in [7, 11) is 1.65. The van der Waals surface area contributed by atoms with Crippen molar-refractivity contribution in [3.63, 3.8) is 0 Å². The molecule has 20 heavy (non-hydrogen) atoms. The molecule has 1 heterocycles. The van der Waals surface area contributed by atoms with Gasteiger partial charge in [-0.25, -0.2) is 0 Å². The van der Waals surface area contributed by atoms with Crippen molar-refractivity contribution in [2.75, 3.05) is 7.11 Å². The summed E-state index contributed by atoms with van der Waals surface area (Å²) in [6.07, 6.45) is 0.813. The predicted octanol–water partition coefficient (Wildman–Crippen LogP) is 4.24. The number of ether oxygens (including phenoxy) is 1. The van der Waals surface area contributed by atoms with E-state index in [0.29, 0.717) is 5.56 Å². The highest BCUT2D eigenvalue weighted by atomic mass is 127. The summed E-state index contributed by atoms with van der Waals surface area (Å²) in [5.74, 6) is 0.765. The molecule has 2 rings (SSSR count). The molecule has 1 aromatic carbocycles. The molecule has 5 heteroatoms. The Bertz CT molecular complexity index is 597. The van der Waals surface area contributed by atoms with Crippen LogP contribution in [0, 0.1) is 2.88 Å². The van der Waals surface area contributed by atoms with Gasteiger partial charge in [-0.05, 0) is 41.1 Å². The first-order valence-corrected chi connectivity index (χ1v) is 8.29. The molecule has 1 aromatic heterocycles. The van der Waals surface area contributed by atoms with Crippen molar-refractivity contribution >= 4 is 39.8 Å². The molecule has 0 aliphatic heterocycles. The van der Waals surface area contributed by atoms with Crippen LogP contribution in [0.1, 0.15) is 35.3 Å². The van der Waals surface area contributed by atoms with Gasteiger partial charge in [0.05, 0.1) is 21.6 Å². The van der Waals surface area contributed by atoms with Crippen molar-refractivity contribution in [2.45, 2.75) is 19.4 Å². The molecule has 0 bridgehead atoms. The summed E-state index contributed by atoms with van der Waals surface area (Å²) in [6.45, 7) is 2.05. The Morgan fingerprint density at radius 3 is 2.80 bits per heavy atom. The molecular weight excluding hydrogens is 385 g/mol. The Morgan fingerprint density at radius 1 is 1.45 bits per heavy atom. The maximum Gasteiger partial charge on any atom is 0.252 e. The molecule has 3 nitrogen and oxygen atoms in total. The predicted molar refractivity (Wildman–Crippen MR) is 90.5 cm³/mol. The summed E-state index contributed by atoms with van der Waals surface area (Å²) < 4.78 is 6.48. The zero-order valence-electron chi connectivity index (χ0n) is 11.4. The first-order valence-electron chi connectivity index (χ1n) is 6.33. The Kier molecular flexibility index (Phi) is 5.42. The third-order valence-electron chi connectivity index (χ3n) is 3.06. The fraction of sp³-hybridized carbons (Fsp3) is 0.267. The van der Waals surface area contributed by atoms with Crippen LogP contribution in [0.3, 0.4) is 0 Å². The van der Waals surface area contributed by atoms with E-state index in [0.717, 1.165) is 20.6 Å². The van der Waals surface area contributed by atoms with Gasteiger partial charge in [0.2, 0.25) is 0 Å². The number of methoxy groups -OCH3 is 1. The number of carbonyl (C=O) groups is 1. The van der Waals surface area contributed by atoms with E-state index >= 15 is 0 Å². The van der Waals surface area contributed by atoms with Gasteiger partial charge in [0.25, 0.3) is 5.91 Å². The summed E-state index contributed by atoms with van der Waals surface area (Å²) in [6, 6.07) is 9.65. The van der Waals surface area contributed by atoms with E-state index in [2.05, 4.69) is 34.8 Å². The molecule has 0 fully saturated rings. The van der Waals surface area contributed by atoms with Gasteiger partial charge >= 0.3 is 0 Å². The molecule has 1 amide bonds. The van der Waals surface area contributed by atoms with E-state index in [1.165, 1.54) is 0 Å². The van der Waals surface area contributed by atoms with Crippen molar-refractivity contribution in [2.24, 2.45) is 0 Å². The summed E-state index contributed by atoms with van der Waals surface area (Å²) in [5, 5.41) is 4.95.